The van der Waals surface area contributed by atoms with E-state index < -0.39 is 9.84 Å². The summed E-state index contributed by atoms with van der Waals surface area (Å²) in [5.41, 5.74) is 12.7. The van der Waals surface area contributed by atoms with Gasteiger partial charge in [0.05, 0.1) is 4.90 Å². The van der Waals surface area contributed by atoms with Gasteiger partial charge in [0.15, 0.2) is 0 Å². The van der Waals surface area contributed by atoms with Crippen LogP contribution in [0.1, 0.15) is 0 Å². The molecular formula is C24H20N2O4S. The molecule has 6 nitrogen and oxygen atoms in total. The molecule has 31 heavy (non-hydrogen) atoms. The molecule has 4 rings (SSSR count). The first-order valence-corrected chi connectivity index (χ1v) is 10.9. The third-order valence-electron chi connectivity index (χ3n) is 4.44. The smallest absolute Gasteiger partial charge is 0.210 e. The van der Waals surface area contributed by atoms with E-state index in [9.17, 15) is 8.42 Å². The van der Waals surface area contributed by atoms with Crippen molar-refractivity contribution in [3.05, 3.63) is 97.1 Å². The van der Waals surface area contributed by atoms with E-state index in [1.54, 1.807) is 72.8 Å². The maximum Gasteiger partial charge on any atom is 0.210 e. The second-order valence-electron chi connectivity index (χ2n) is 6.77. The number of anilines is 2. The molecule has 0 saturated carbocycles. The highest BCUT2D eigenvalue weighted by atomic mass is 32.2. The molecule has 0 aliphatic carbocycles. The third kappa shape index (κ3) is 4.62. The average molecular weight is 433 g/mol. The topological polar surface area (TPSA) is 105 Å². The maximum absolute atomic E-state index is 13.3. The van der Waals surface area contributed by atoms with Crippen LogP contribution in [0, 0.1) is 0 Å². The highest BCUT2D eigenvalue weighted by molar-refractivity contribution is 7.91. The van der Waals surface area contributed by atoms with Crippen molar-refractivity contribution in [1.29, 1.82) is 0 Å². The van der Waals surface area contributed by atoms with E-state index in [-0.39, 0.29) is 15.5 Å². The number of rotatable bonds is 6. The monoisotopic (exact) mass is 432 g/mol. The van der Waals surface area contributed by atoms with Crippen LogP contribution in [0.2, 0.25) is 0 Å². The van der Waals surface area contributed by atoms with Crippen LogP contribution in [0.4, 0.5) is 11.4 Å². The minimum Gasteiger partial charge on any atom is -0.457 e. The second kappa shape index (κ2) is 8.41. The first kappa shape index (κ1) is 20.3. The molecule has 156 valence electrons. The summed E-state index contributed by atoms with van der Waals surface area (Å²) in [6.07, 6.45) is 0. The van der Waals surface area contributed by atoms with Gasteiger partial charge in [-0.05, 0) is 48.5 Å². The van der Waals surface area contributed by atoms with Gasteiger partial charge in [0.25, 0.3) is 0 Å². The van der Waals surface area contributed by atoms with Gasteiger partial charge in [-0.15, -0.1) is 0 Å². The normalized spacial score (nSPS) is 11.1. The van der Waals surface area contributed by atoms with Gasteiger partial charge in [0, 0.05) is 29.6 Å². The average Bonchev–Trinajstić information content (AvgIpc) is 2.74. The Morgan fingerprint density at radius 3 is 1.77 bits per heavy atom. The molecule has 0 spiro atoms. The fourth-order valence-corrected chi connectivity index (χ4v) is 4.38. The highest BCUT2D eigenvalue weighted by Gasteiger charge is 2.23. The van der Waals surface area contributed by atoms with Crippen molar-refractivity contribution in [2.75, 3.05) is 11.5 Å². The predicted molar refractivity (Wildman–Crippen MR) is 120 cm³/mol. The van der Waals surface area contributed by atoms with Gasteiger partial charge in [-0.1, -0.05) is 30.3 Å². The van der Waals surface area contributed by atoms with Crippen LogP contribution >= 0.6 is 0 Å². The van der Waals surface area contributed by atoms with Crippen molar-refractivity contribution in [1.82, 2.24) is 0 Å². The van der Waals surface area contributed by atoms with Gasteiger partial charge in [-0.25, -0.2) is 8.42 Å². The van der Waals surface area contributed by atoms with E-state index >= 15 is 0 Å². The molecule has 4 N–H and O–H groups in total. The lowest BCUT2D eigenvalue weighted by atomic mass is 10.3. The van der Waals surface area contributed by atoms with Gasteiger partial charge in [-0.2, -0.15) is 0 Å². The molecule has 0 amide bonds. The Morgan fingerprint density at radius 2 is 1.16 bits per heavy atom. The SMILES string of the molecule is Nc1cccc(Oc2ccc(S(=O)(=O)c3ccccc3)c(Oc3cccc(N)c3)c2)c1. The number of ether oxygens (including phenoxy) is 2. The van der Waals surface area contributed by atoms with Crippen LogP contribution in [0.3, 0.4) is 0 Å². The molecular weight excluding hydrogens is 412 g/mol. The van der Waals surface area contributed by atoms with Crippen LogP contribution in [0.15, 0.2) is 107 Å². The van der Waals surface area contributed by atoms with Crippen molar-refractivity contribution >= 4 is 21.2 Å². The summed E-state index contributed by atoms with van der Waals surface area (Å²) in [6, 6.07) is 26.4. The minimum absolute atomic E-state index is 0.0149. The second-order valence-corrected chi connectivity index (χ2v) is 8.69. The number of hydrogen-bond donors (Lipinski definition) is 2. The Bertz CT molecular complexity index is 1320. The number of sulfone groups is 1. The van der Waals surface area contributed by atoms with Crippen molar-refractivity contribution < 1.29 is 17.9 Å². The Kier molecular flexibility index (Phi) is 5.51. The minimum atomic E-state index is -3.83. The van der Waals surface area contributed by atoms with E-state index in [2.05, 4.69) is 0 Å². The summed E-state index contributed by atoms with van der Waals surface area (Å²) in [5, 5.41) is 0. The summed E-state index contributed by atoms with van der Waals surface area (Å²) < 4.78 is 38.3. The summed E-state index contributed by atoms with van der Waals surface area (Å²) in [6.45, 7) is 0. The first-order valence-electron chi connectivity index (χ1n) is 9.43. The summed E-state index contributed by atoms with van der Waals surface area (Å²) >= 11 is 0. The Morgan fingerprint density at radius 1 is 0.581 bits per heavy atom. The zero-order valence-corrected chi connectivity index (χ0v) is 17.3. The summed E-state index contributed by atoms with van der Waals surface area (Å²) in [7, 11) is -3.83. The highest BCUT2D eigenvalue weighted by Crippen LogP contribution is 2.37. The molecule has 0 aromatic heterocycles. The predicted octanol–water partition coefficient (Wildman–Crippen LogP) is 5.27. The Hall–Kier alpha value is -3.97. The van der Waals surface area contributed by atoms with Gasteiger partial charge >= 0.3 is 0 Å². The molecule has 0 bridgehead atoms. The summed E-state index contributed by atoms with van der Waals surface area (Å²) in [4.78, 5) is 0.179. The Balaban J connectivity index is 1.78. The van der Waals surface area contributed by atoms with Gasteiger partial charge in [0.2, 0.25) is 9.84 Å². The molecule has 0 aliphatic rings. The van der Waals surface area contributed by atoms with E-state index in [0.717, 1.165) is 0 Å². The van der Waals surface area contributed by atoms with Crippen molar-refractivity contribution in [3.8, 4) is 23.0 Å². The first-order chi connectivity index (χ1) is 14.9. The lowest BCUT2D eigenvalue weighted by Crippen LogP contribution is -2.04. The lowest BCUT2D eigenvalue weighted by molar-refractivity contribution is 0.450. The lowest BCUT2D eigenvalue weighted by Gasteiger charge is -2.14. The van der Waals surface area contributed by atoms with Gasteiger partial charge in [0.1, 0.15) is 27.9 Å². The van der Waals surface area contributed by atoms with Crippen LogP contribution in [0.5, 0.6) is 23.0 Å². The molecule has 0 heterocycles. The molecule has 0 fully saturated rings. The van der Waals surface area contributed by atoms with E-state index in [1.807, 2.05) is 0 Å². The molecule has 0 saturated heterocycles. The van der Waals surface area contributed by atoms with Crippen LogP contribution < -0.4 is 20.9 Å². The van der Waals surface area contributed by atoms with Crippen molar-refractivity contribution in [2.24, 2.45) is 0 Å². The van der Waals surface area contributed by atoms with Crippen LogP contribution in [0.25, 0.3) is 0 Å². The fourth-order valence-electron chi connectivity index (χ4n) is 3.00. The molecule has 0 aliphatic heterocycles. The van der Waals surface area contributed by atoms with Crippen molar-refractivity contribution in [2.45, 2.75) is 9.79 Å². The van der Waals surface area contributed by atoms with Gasteiger partial charge < -0.3 is 20.9 Å². The maximum atomic E-state index is 13.3. The number of hydrogen-bond acceptors (Lipinski definition) is 6. The van der Waals surface area contributed by atoms with Crippen LogP contribution in [-0.2, 0) is 9.84 Å². The standard InChI is InChI=1S/C24H20N2O4S/c25-17-6-4-8-19(14-17)29-21-12-13-24(31(27,28)22-10-2-1-3-11-22)23(16-21)30-20-9-5-7-18(26)15-20/h1-16H,25-26H2. The van der Waals surface area contributed by atoms with Crippen LogP contribution in [-0.4, -0.2) is 8.42 Å². The largest absolute Gasteiger partial charge is 0.457 e. The number of nitrogen functional groups attached to an aromatic ring is 2. The Labute approximate surface area is 180 Å². The molecule has 0 atom stereocenters. The molecule has 7 heteroatoms. The molecule has 0 radical (unpaired) electrons. The summed E-state index contributed by atoms with van der Waals surface area (Å²) in [5.74, 6) is 1.45. The fraction of sp³-hybridized carbons (Fsp3) is 0. The quantitative estimate of drug-likeness (QED) is 0.402. The number of benzene rings is 4. The van der Waals surface area contributed by atoms with E-state index in [1.165, 1.54) is 24.3 Å². The molecule has 4 aromatic rings. The zero-order valence-electron chi connectivity index (χ0n) is 16.4. The number of nitrogens with two attached hydrogens (primary N) is 2. The van der Waals surface area contributed by atoms with Crippen molar-refractivity contribution in [3.63, 3.8) is 0 Å². The molecule has 0 unspecified atom stereocenters. The van der Waals surface area contributed by atoms with E-state index in [4.69, 9.17) is 20.9 Å². The zero-order chi connectivity index (χ0) is 21.8. The third-order valence-corrected chi connectivity index (χ3v) is 6.25. The van der Waals surface area contributed by atoms with Gasteiger partial charge in [-0.3, -0.25) is 0 Å². The molecule has 4 aromatic carbocycles. The van der Waals surface area contributed by atoms with E-state index in [0.29, 0.717) is 28.6 Å².